The van der Waals surface area contributed by atoms with Crippen LogP contribution in [0.1, 0.15) is 54.9 Å². The van der Waals surface area contributed by atoms with E-state index in [1.165, 1.54) is 51.3 Å². The Hall–Kier alpha value is -3.69. The number of methoxy groups -OCH3 is 1. The molecule has 5 rings (SSSR count). The van der Waals surface area contributed by atoms with E-state index < -0.39 is 11.9 Å². The van der Waals surface area contributed by atoms with Crippen molar-refractivity contribution in [3.63, 3.8) is 0 Å². The Morgan fingerprint density at radius 2 is 1.71 bits per heavy atom. The number of carbonyl (C=O) groups is 3. The molecule has 2 aliphatic rings. The molecule has 2 N–H and O–H groups in total. The van der Waals surface area contributed by atoms with Crippen molar-refractivity contribution in [3.8, 4) is 5.75 Å². The fraction of sp³-hybridized carbons (Fsp3) is 0.485. The molecule has 0 radical (unpaired) electrons. The van der Waals surface area contributed by atoms with Gasteiger partial charge in [-0.1, -0.05) is 36.8 Å². The van der Waals surface area contributed by atoms with Crippen LogP contribution in [0.15, 0.2) is 54.7 Å². The fourth-order valence-corrected chi connectivity index (χ4v) is 6.47. The summed E-state index contributed by atoms with van der Waals surface area (Å²) in [6.45, 7) is 5.92. The summed E-state index contributed by atoms with van der Waals surface area (Å²) in [5.74, 6) is -0.523. The molecule has 0 saturated carbocycles. The summed E-state index contributed by atoms with van der Waals surface area (Å²) in [6, 6.07) is 15.0. The minimum absolute atomic E-state index is 0.0501. The molecule has 2 aliphatic heterocycles. The molecule has 3 aromatic rings. The SMILES string of the molecule is COc1ccccc1C(=O)N(CC(Cc1c[nH]c2ccccc12)NC(=O)CN1CCC(N2CCCCC2)CC1)C(C)=O. The predicted molar refractivity (Wildman–Crippen MR) is 164 cm³/mol. The van der Waals surface area contributed by atoms with Crippen LogP contribution in [0.5, 0.6) is 5.75 Å². The predicted octanol–water partition coefficient (Wildman–Crippen LogP) is 3.84. The van der Waals surface area contributed by atoms with Gasteiger partial charge < -0.3 is 19.9 Å². The van der Waals surface area contributed by atoms with Gasteiger partial charge in [0.05, 0.1) is 25.3 Å². The third-order valence-electron chi connectivity index (χ3n) is 8.70. The maximum atomic E-state index is 13.6. The quantitative estimate of drug-likeness (QED) is 0.383. The third-order valence-corrected chi connectivity index (χ3v) is 8.70. The summed E-state index contributed by atoms with van der Waals surface area (Å²) in [6.07, 6.45) is 8.48. The second-order valence-electron chi connectivity index (χ2n) is 11.6. The Kier molecular flexibility index (Phi) is 9.92. The molecule has 1 atom stereocenters. The molecule has 224 valence electrons. The number of aromatic amines is 1. The van der Waals surface area contributed by atoms with Crippen LogP contribution in [0.25, 0.3) is 10.9 Å². The number of piperidine rings is 2. The number of aromatic nitrogens is 1. The maximum absolute atomic E-state index is 13.6. The van der Waals surface area contributed by atoms with E-state index in [2.05, 4.69) is 20.1 Å². The van der Waals surface area contributed by atoms with Crippen molar-refractivity contribution in [2.45, 2.75) is 57.5 Å². The molecule has 0 spiro atoms. The summed E-state index contributed by atoms with van der Waals surface area (Å²) < 4.78 is 5.39. The number of rotatable bonds is 10. The van der Waals surface area contributed by atoms with Gasteiger partial charge >= 0.3 is 0 Å². The lowest BCUT2D eigenvalue weighted by Crippen LogP contribution is -2.52. The van der Waals surface area contributed by atoms with E-state index in [-0.39, 0.29) is 18.4 Å². The first-order valence-electron chi connectivity index (χ1n) is 15.2. The smallest absolute Gasteiger partial charge is 0.264 e. The van der Waals surface area contributed by atoms with Crippen LogP contribution in [0, 0.1) is 0 Å². The van der Waals surface area contributed by atoms with Crippen molar-refractivity contribution in [2.75, 3.05) is 46.4 Å². The summed E-state index contributed by atoms with van der Waals surface area (Å²) in [7, 11) is 1.50. The molecule has 42 heavy (non-hydrogen) atoms. The summed E-state index contributed by atoms with van der Waals surface area (Å²) >= 11 is 0. The highest BCUT2D eigenvalue weighted by molar-refractivity contribution is 6.05. The van der Waals surface area contributed by atoms with E-state index in [1.54, 1.807) is 24.3 Å². The molecular formula is C33H43N5O4. The average molecular weight is 574 g/mol. The Morgan fingerprint density at radius 1 is 1.00 bits per heavy atom. The first-order chi connectivity index (χ1) is 20.4. The van der Waals surface area contributed by atoms with E-state index in [0.717, 1.165) is 42.4 Å². The highest BCUT2D eigenvalue weighted by atomic mass is 16.5. The molecular weight excluding hydrogens is 530 g/mol. The largest absolute Gasteiger partial charge is 0.496 e. The van der Waals surface area contributed by atoms with Gasteiger partial charge in [0.15, 0.2) is 0 Å². The Bertz CT molecular complexity index is 1370. The van der Waals surface area contributed by atoms with Crippen LogP contribution >= 0.6 is 0 Å². The molecule has 9 heteroatoms. The van der Waals surface area contributed by atoms with Crippen molar-refractivity contribution in [1.29, 1.82) is 0 Å². The number of likely N-dealkylation sites (tertiary alicyclic amines) is 2. The van der Waals surface area contributed by atoms with Gasteiger partial charge in [-0.05, 0) is 69.0 Å². The number of imide groups is 1. The second-order valence-corrected chi connectivity index (χ2v) is 11.6. The van der Waals surface area contributed by atoms with Crippen molar-refractivity contribution in [1.82, 2.24) is 25.0 Å². The molecule has 0 bridgehead atoms. The van der Waals surface area contributed by atoms with Gasteiger partial charge in [-0.2, -0.15) is 0 Å². The van der Waals surface area contributed by atoms with Gasteiger partial charge in [0.25, 0.3) is 5.91 Å². The number of benzene rings is 2. The van der Waals surface area contributed by atoms with Gasteiger partial charge in [0.2, 0.25) is 11.8 Å². The molecule has 9 nitrogen and oxygen atoms in total. The number of carbonyl (C=O) groups excluding carboxylic acids is 3. The maximum Gasteiger partial charge on any atom is 0.264 e. The van der Waals surface area contributed by atoms with Crippen LogP contribution < -0.4 is 10.1 Å². The number of hydrogen-bond acceptors (Lipinski definition) is 6. The summed E-state index contributed by atoms with van der Waals surface area (Å²) in [5, 5.41) is 4.24. The first-order valence-corrected chi connectivity index (χ1v) is 15.2. The number of nitrogens with zero attached hydrogens (tertiary/aromatic N) is 3. The average Bonchev–Trinajstić information content (AvgIpc) is 3.42. The molecule has 1 unspecified atom stereocenters. The molecule has 2 fully saturated rings. The van der Waals surface area contributed by atoms with Gasteiger partial charge in [-0.3, -0.25) is 24.2 Å². The second kappa shape index (κ2) is 14.0. The van der Waals surface area contributed by atoms with Crippen molar-refractivity contribution < 1.29 is 19.1 Å². The number of nitrogens with one attached hydrogen (secondary N) is 2. The third kappa shape index (κ3) is 7.20. The van der Waals surface area contributed by atoms with E-state index in [4.69, 9.17) is 4.74 Å². The number of ether oxygens (including phenoxy) is 1. The topological polar surface area (TPSA) is 98.0 Å². The van der Waals surface area contributed by atoms with E-state index >= 15 is 0 Å². The molecule has 0 aliphatic carbocycles. The lowest BCUT2D eigenvalue weighted by Gasteiger charge is -2.40. The van der Waals surface area contributed by atoms with Crippen molar-refractivity contribution in [2.24, 2.45) is 0 Å². The standard InChI is InChI=1S/C33H43N5O4/c1-24(39)38(33(41)29-11-5-7-13-31(29)42-2)22-26(20-25-21-34-30-12-6-4-10-28(25)30)35-32(40)23-36-18-14-27(15-19-36)37-16-8-3-9-17-37/h4-7,10-13,21,26-27,34H,3,8-9,14-20,22-23H2,1-2H3,(H,35,40). The Labute approximate surface area is 248 Å². The first kappa shape index (κ1) is 29.8. The highest BCUT2D eigenvalue weighted by Gasteiger charge is 2.29. The number of para-hydroxylation sites is 2. The van der Waals surface area contributed by atoms with Gasteiger partial charge in [-0.25, -0.2) is 0 Å². The Balaban J connectivity index is 1.29. The lowest BCUT2D eigenvalue weighted by molar-refractivity contribution is -0.128. The van der Waals surface area contributed by atoms with Crippen LogP contribution in [0.4, 0.5) is 0 Å². The molecule has 3 heterocycles. The molecule has 2 saturated heterocycles. The zero-order chi connectivity index (χ0) is 29.5. The van der Waals surface area contributed by atoms with Gasteiger partial charge in [0.1, 0.15) is 5.75 Å². The minimum Gasteiger partial charge on any atom is -0.496 e. The molecule has 1 aromatic heterocycles. The van der Waals surface area contributed by atoms with Gasteiger partial charge in [-0.15, -0.1) is 0 Å². The minimum atomic E-state index is -0.467. The Morgan fingerprint density at radius 3 is 2.45 bits per heavy atom. The number of fused-ring (bicyclic) bond motifs is 1. The zero-order valence-corrected chi connectivity index (χ0v) is 24.8. The van der Waals surface area contributed by atoms with Gasteiger partial charge in [0, 0.05) is 49.7 Å². The molecule has 3 amide bonds. The summed E-state index contributed by atoms with van der Waals surface area (Å²) in [4.78, 5) is 49.1. The van der Waals surface area contributed by atoms with Crippen LogP contribution in [-0.2, 0) is 16.0 Å². The van der Waals surface area contributed by atoms with Crippen LogP contribution in [0.3, 0.4) is 0 Å². The van der Waals surface area contributed by atoms with Crippen LogP contribution in [-0.4, -0.2) is 95.9 Å². The van der Waals surface area contributed by atoms with Crippen molar-refractivity contribution in [3.05, 3.63) is 65.9 Å². The van der Waals surface area contributed by atoms with E-state index in [0.29, 0.717) is 30.3 Å². The lowest BCUT2D eigenvalue weighted by atomic mass is 10.00. The monoisotopic (exact) mass is 573 g/mol. The molecule has 2 aromatic carbocycles. The van der Waals surface area contributed by atoms with Crippen molar-refractivity contribution >= 4 is 28.6 Å². The van der Waals surface area contributed by atoms with E-state index in [1.807, 2.05) is 30.5 Å². The zero-order valence-electron chi connectivity index (χ0n) is 24.8. The normalized spacial score (nSPS) is 17.6. The van der Waals surface area contributed by atoms with Crippen LogP contribution in [0.2, 0.25) is 0 Å². The summed E-state index contributed by atoms with van der Waals surface area (Å²) in [5.41, 5.74) is 2.33. The fourth-order valence-electron chi connectivity index (χ4n) is 6.47. The number of hydrogen-bond donors (Lipinski definition) is 2. The number of H-pyrrole nitrogens is 1. The number of amides is 3. The highest BCUT2D eigenvalue weighted by Crippen LogP contribution is 2.23. The van der Waals surface area contributed by atoms with E-state index in [9.17, 15) is 14.4 Å².